The summed E-state index contributed by atoms with van der Waals surface area (Å²) in [6.45, 7) is 6.96. The highest BCUT2D eigenvalue weighted by atomic mass is 28.4. The Balaban J connectivity index is 2.08. The number of carbonyl (C=O) groups excluding carboxylic acids is 1. The van der Waals surface area contributed by atoms with Gasteiger partial charge in [-0.1, -0.05) is 171 Å². The summed E-state index contributed by atoms with van der Waals surface area (Å²) in [6, 6.07) is 21.0. The highest BCUT2D eigenvalue weighted by Gasteiger charge is 2.50. The van der Waals surface area contributed by atoms with Gasteiger partial charge in [-0.2, -0.15) is 0 Å². The summed E-state index contributed by atoms with van der Waals surface area (Å²) in [5.74, 6) is 0.655. The van der Waals surface area contributed by atoms with Crippen LogP contribution in [0.1, 0.15) is 130 Å². The van der Waals surface area contributed by atoms with Crippen molar-refractivity contribution >= 4 is 25.0 Å². The van der Waals surface area contributed by atoms with E-state index in [-0.39, 0.29) is 5.04 Å². The lowest BCUT2D eigenvalue weighted by Crippen LogP contribution is -2.65. The molecule has 0 amide bonds. The summed E-state index contributed by atoms with van der Waals surface area (Å²) < 4.78 is 0. The molecular weight excluding hydrogens is 480 g/mol. The van der Waals surface area contributed by atoms with Gasteiger partial charge in [0.15, 0.2) is 0 Å². The quantitative estimate of drug-likeness (QED) is 0.0926. The first-order chi connectivity index (χ1) is 18.5. The second-order valence-electron chi connectivity index (χ2n) is 12.2. The van der Waals surface area contributed by atoms with Gasteiger partial charge in [0, 0.05) is 6.42 Å². The summed E-state index contributed by atoms with van der Waals surface area (Å²) in [6.07, 6.45) is 22.2. The van der Waals surface area contributed by atoms with E-state index in [9.17, 15) is 9.59 Å². The van der Waals surface area contributed by atoms with E-state index in [0.29, 0.717) is 12.3 Å². The molecule has 1 N–H and O–H groups in total. The molecule has 0 aliphatic carbocycles. The Morgan fingerprint density at radius 2 is 1.11 bits per heavy atom. The summed E-state index contributed by atoms with van der Waals surface area (Å²) in [7, 11) is -2.96. The van der Waals surface area contributed by atoms with Crippen molar-refractivity contribution in [3.05, 3.63) is 60.7 Å². The largest absolute Gasteiger partial charge is 0.424 e. The van der Waals surface area contributed by atoms with Crippen molar-refractivity contribution in [2.45, 2.75) is 135 Å². The van der Waals surface area contributed by atoms with Crippen molar-refractivity contribution in [2.24, 2.45) is 5.92 Å². The lowest BCUT2D eigenvalue weighted by atomic mass is 9.87. The zero-order valence-electron chi connectivity index (χ0n) is 24.8. The first kappa shape index (κ1) is 32.5. The maximum absolute atomic E-state index is 12.6. The van der Waals surface area contributed by atoms with E-state index in [4.69, 9.17) is 0 Å². The number of hydrogen-bond acceptors (Lipinski definition) is 2. The summed E-state index contributed by atoms with van der Waals surface area (Å²) >= 11 is 0. The standard InChI is InChI=1S/C35H56O2Si/c1-4-5-6-7-9-12-17-24-32(25-18-13-10-8-11-14-23-30-36)31-35(2,3)38(37,33-26-19-15-20-27-33)34-28-21-16-22-29-34/h15-16,19-22,26-30,32,37H,4-14,17-18,23-25,31H2,1-3H3. The van der Waals surface area contributed by atoms with Gasteiger partial charge in [-0.3, -0.25) is 0 Å². The van der Waals surface area contributed by atoms with Crippen molar-refractivity contribution in [3.8, 4) is 0 Å². The van der Waals surface area contributed by atoms with Crippen LogP contribution >= 0.6 is 0 Å². The topological polar surface area (TPSA) is 37.3 Å². The number of unbranched alkanes of at least 4 members (excludes halogenated alkanes) is 12. The van der Waals surface area contributed by atoms with Crippen LogP contribution in [0, 0.1) is 5.92 Å². The Kier molecular flexibility index (Phi) is 15.9. The molecule has 212 valence electrons. The van der Waals surface area contributed by atoms with Crippen molar-refractivity contribution in [1.29, 1.82) is 0 Å². The number of benzene rings is 2. The average Bonchev–Trinajstić information content (AvgIpc) is 2.94. The number of rotatable bonds is 22. The molecule has 3 heteroatoms. The van der Waals surface area contributed by atoms with Crippen LogP contribution in [0.4, 0.5) is 0 Å². The van der Waals surface area contributed by atoms with Crippen LogP contribution in [0.25, 0.3) is 0 Å². The van der Waals surface area contributed by atoms with Crippen LogP contribution < -0.4 is 10.4 Å². The third kappa shape index (κ3) is 10.8. The van der Waals surface area contributed by atoms with E-state index < -0.39 is 8.32 Å². The normalized spacial score (nSPS) is 12.9. The Bertz CT molecular complexity index is 809. The van der Waals surface area contributed by atoms with Gasteiger partial charge in [0.05, 0.1) is 0 Å². The molecular formula is C35H56O2Si. The molecule has 1 unspecified atom stereocenters. The highest BCUT2D eigenvalue weighted by Crippen LogP contribution is 2.43. The molecule has 0 saturated carbocycles. The summed E-state index contributed by atoms with van der Waals surface area (Å²) in [4.78, 5) is 23.2. The van der Waals surface area contributed by atoms with Crippen molar-refractivity contribution in [1.82, 2.24) is 0 Å². The molecule has 2 nitrogen and oxygen atoms in total. The third-order valence-corrected chi connectivity index (χ3v) is 13.1. The van der Waals surface area contributed by atoms with Crippen LogP contribution in [0.15, 0.2) is 60.7 Å². The van der Waals surface area contributed by atoms with Crippen LogP contribution in [0.2, 0.25) is 5.04 Å². The molecule has 38 heavy (non-hydrogen) atoms. The van der Waals surface area contributed by atoms with E-state index in [2.05, 4.69) is 81.4 Å². The molecule has 2 aromatic rings. The maximum Gasteiger partial charge on any atom is 0.258 e. The fraction of sp³-hybridized carbons (Fsp3) is 0.629. The van der Waals surface area contributed by atoms with Gasteiger partial charge in [0.25, 0.3) is 8.32 Å². The van der Waals surface area contributed by atoms with Crippen LogP contribution in [-0.4, -0.2) is 19.4 Å². The summed E-state index contributed by atoms with van der Waals surface area (Å²) in [5, 5.41) is 2.08. The second-order valence-corrected chi connectivity index (χ2v) is 16.1. The highest BCUT2D eigenvalue weighted by molar-refractivity contribution is 6.98. The van der Waals surface area contributed by atoms with E-state index in [1.807, 2.05) is 0 Å². The van der Waals surface area contributed by atoms with Gasteiger partial charge in [0.1, 0.15) is 6.29 Å². The number of aldehydes is 1. The van der Waals surface area contributed by atoms with Gasteiger partial charge in [0.2, 0.25) is 0 Å². The lowest BCUT2D eigenvalue weighted by Gasteiger charge is -2.43. The van der Waals surface area contributed by atoms with E-state index in [0.717, 1.165) is 29.5 Å². The minimum atomic E-state index is -2.96. The SMILES string of the molecule is CCCCCCCCCC(CCCCCCCCC=O)CC(C)(C)[Si](O)(c1ccccc1)c1ccccc1. The van der Waals surface area contributed by atoms with Crippen LogP contribution in [-0.2, 0) is 4.79 Å². The van der Waals surface area contributed by atoms with Gasteiger partial charge >= 0.3 is 0 Å². The van der Waals surface area contributed by atoms with E-state index >= 15 is 0 Å². The average molecular weight is 537 g/mol. The Morgan fingerprint density at radius 3 is 1.55 bits per heavy atom. The predicted molar refractivity (Wildman–Crippen MR) is 168 cm³/mol. The van der Waals surface area contributed by atoms with Crippen LogP contribution in [0.5, 0.6) is 0 Å². The smallest absolute Gasteiger partial charge is 0.258 e. The molecule has 0 aromatic heterocycles. The minimum absolute atomic E-state index is 0.170. The first-order valence-corrected chi connectivity index (χ1v) is 17.7. The third-order valence-electron chi connectivity index (χ3n) is 8.56. The molecule has 0 radical (unpaired) electrons. The van der Waals surface area contributed by atoms with Gasteiger partial charge in [-0.25, -0.2) is 0 Å². The van der Waals surface area contributed by atoms with Gasteiger partial charge in [-0.05, 0) is 34.2 Å². The predicted octanol–water partition coefficient (Wildman–Crippen LogP) is 8.99. The Hall–Kier alpha value is -1.71. The molecule has 0 heterocycles. The summed E-state index contributed by atoms with van der Waals surface area (Å²) in [5.41, 5.74) is 0. The molecule has 0 bridgehead atoms. The Labute approximate surface area is 235 Å². The zero-order valence-corrected chi connectivity index (χ0v) is 25.8. The van der Waals surface area contributed by atoms with Crippen molar-refractivity contribution in [2.75, 3.05) is 0 Å². The van der Waals surface area contributed by atoms with Crippen LogP contribution in [0.3, 0.4) is 0 Å². The van der Waals surface area contributed by atoms with Gasteiger partial charge in [-0.15, -0.1) is 0 Å². The second kappa shape index (κ2) is 18.6. The molecule has 0 aliphatic rings. The van der Waals surface area contributed by atoms with Crippen molar-refractivity contribution < 1.29 is 9.59 Å². The zero-order chi connectivity index (χ0) is 27.5. The maximum atomic E-state index is 12.6. The minimum Gasteiger partial charge on any atom is -0.424 e. The molecule has 2 aromatic carbocycles. The fourth-order valence-electron chi connectivity index (χ4n) is 6.28. The molecule has 0 aliphatic heterocycles. The lowest BCUT2D eigenvalue weighted by molar-refractivity contribution is -0.107. The molecule has 0 fully saturated rings. The van der Waals surface area contributed by atoms with Crippen molar-refractivity contribution in [3.63, 3.8) is 0 Å². The molecule has 2 rings (SSSR count). The number of carbonyl (C=O) groups is 1. The monoisotopic (exact) mass is 536 g/mol. The van der Waals surface area contributed by atoms with E-state index in [1.165, 1.54) is 89.9 Å². The number of hydrogen-bond donors (Lipinski definition) is 1. The fourth-order valence-corrected chi connectivity index (χ4v) is 10.1. The molecule has 1 atom stereocenters. The van der Waals surface area contributed by atoms with E-state index in [1.54, 1.807) is 0 Å². The molecule has 0 spiro atoms. The molecule has 0 saturated heterocycles. The first-order valence-electron chi connectivity index (χ1n) is 15.7. The Morgan fingerprint density at radius 1 is 0.684 bits per heavy atom. The van der Waals surface area contributed by atoms with Gasteiger partial charge < -0.3 is 9.59 Å².